The van der Waals surface area contributed by atoms with Crippen molar-refractivity contribution in [3.63, 3.8) is 0 Å². The highest BCUT2D eigenvalue weighted by Gasteiger charge is 2.18. The van der Waals surface area contributed by atoms with Crippen LogP contribution < -0.4 is 14.8 Å². The molecule has 1 fully saturated rings. The first-order valence-corrected chi connectivity index (χ1v) is 11.4. The molecule has 1 aliphatic carbocycles. The van der Waals surface area contributed by atoms with Crippen molar-refractivity contribution in [1.29, 1.82) is 0 Å². The lowest BCUT2D eigenvalue weighted by Gasteiger charge is -2.15. The van der Waals surface area contributed by atoms with Gasteiger partial charge in [-0.2, -0.15) is 0 Å². The van der Waals surface area contributed by atoms with Crippen LogP contribution in [0.3, 0.4) is 0 Å². The molecule has 0 atom stereocenters. The molecule has 0 saturated heterocycles. The summed E-state index contributed by atoms with van der Waals surface area (Å²) in [5.41, 5.74) is 3.65. The molecular weight excluding hydrogens is 438 g/mol. The van der Waals surface area contributed by atoms with Gasteiger partial charge in [0.05, 0.1) is 23.8 Å². The average Bonchev–Trinajstić information content (AvgIpc) is 3.35. The summed E-state index contributed by atoms with van der Waals surface area (Å²) in [4.78, 5) is 23.9. The summed E-state index contributed by atoms with van der Waals surface area (Å²) >= 11 is 6.39. The largest absolute Gasteiger partial charge is 0.496 e. The third-order valence-corrected chi connectivity index (χ3v) is 6.18. The van der Waals surface area contributed by atoms with Crippen molar-refractivity contribution in [2.45, 2.75) is 38.3 Å². The van der Waals surface area contributed by atoms with E-state index in [0.717, 1.165) is 35.8 Å². The smallest absolute Gasteiger partial charge is 0.253 e. The maximum atomic E-state index is 12.8. The Kier molecular flexibility index (Phi) is 7.30. The first-order valence-electron chi connectivity index (χ1n) is 11.0. The van der Waals surface area contributed by atoms with Gasteiger partial charge in [0.25, 0.3) is 5.91 Å². The number of aldehydes is 1. The minimum Gasteiger partial charge on any atom is -0.496 e. The lowest BCUT2D eigenvalue weighted by atomic mass is 10.0. The first kappa shape index (κ1) is 22.9. The topological polar surface area (TPSA) is 64.6 Å². The van der Waals surface area contributed by atoms with Crippen LogP contribution in [-0.4, -0.2) is 25.4 Å². The van der Waals surface area contributed by atoms with E-state index in [-0.39, 0.29) is 18.6 Å². The summed E-state index contributed by atoms with van der Waals surface area (Å²) in [6, 6.07) is 18.3. The highest BCUT2D eigenvalue weighted by molar-refractivity contribution is 6.34. The van der Waals surface area contributed by atoms with Crippen LogP contribution in [0.25, 0.3) is 11.1 Å². The van der Waals surface area contributed by atoms with Gasteiger partial charge in [0, 0.05) is 17.7 Å². The Labute approximate surface area is 198 Å². The Morgan fingerprint density at radius 1 is 1.06 bits per heavy atom. The maximum absolute atomic E-state index is 12.8. The SMILES string of the molecule is COc1ccc(-c2cccc(C=O)c2)cc1CNC(=O)c1ccc(OC2CCCC2)cc1Cl. The number of amides is 1. The predicted octanol–water partition coefficient (Wildman–Crippen LogP) is 6.08. The molecule has 0 bridgehead atoms. The van der Waals surface area contributed by atoms with Gasteiger partial charge in [0.15, 0.2) is 0 Å². The Balaban J connectivity index is 1.47. The van der Waals surface area contributed by atoms with Crippen molar-refractivity contribution in [2.24, 2.45) is 0 Å². The van der Waals surface area contributed by atoms with Crippen molar-refractivity contribution in [2.75, 3.05) is 7.11 Å². The van der Waals surface area contributed by atoms with E-state index in [1.165, 1.54) is 12.8 Å². The maximum Gasteiger partial charge on any atom is 0.253 e. The molecule has 0 aromatic heterocycles. The molecule has 1 aliphatic rings. The second-order valence-corrected chi connectivity index (χ2v) is 8.53. The summed E-state index contributed by atoms with van der Waals surface area (Å²) in [6.45, 7) is 0.264. The number of hydrogen-bond acceptors (Lipinski definition) is 4. The number of halogens is 1. The molecule has 3 aromatic rings. The van der Waals surface area contributed by atoms with Gasteiger partial charge >= 0.3 is 0 Å². The van der Waals surface area contributed by atoms with Gasteiger partial charge in [-0.05, 0) is 73.2 Å². The molecule has 0 spiro atoms. The van der Waals surface area contributed by atoms with E-state index in [1.54, 1.807) is 31.4 Å². The van der Waals surface area contributed by atoms with Crippen molar-refractivity contribution in [1.82, 2.24) is 5.32 Å². The van der Waals surface area contributed by atoms with Gasteiger partial charge in [0.2, 0.25) is 0 Å². The number of carbonyl (C=O) groups is 2. The molecule has 5 nitrogen and oxygen atoms in total. The van der Waals surface area contributed by atoms with Crippen LogP contribution in [0.4, 0.5) is 0 Å². The van der Waals surface area contributed by atoms with Gasteiger partial charge in [-0.1, -0.05) is 35.9 Å². The van der Waals surface area contributed by atoms with Crippen LogP contribution in [0.15, 0.2) is 60.7 Å². The molecule has 0 radical (unpaired) electrons. The average molecular weight is 464 g/mol. The highest BCUT2D eigenvalue weighted by Crippen LogP contribution is 2.29. The van der Waals surface area contributed by atoms with Crippen molar-refractivity contribution >= 4 is 23.8 Å². The van der Waals surface area contributed by atoms with Crippen molar-refractivity contribution < 1.29 is 19.1 Å². The third kappa shape index (κ3) is 5.55. The van der Waals surface area contributed by atoms with Gasteiger partial charge in [-0.15, -0.1) is 0 Å². The molecule has 6 heteroatoms. The van der Waals surface area contributed by atoms with E-state index in [0.29, 0.717) is 27.6 Å². The zero-order valence-corrected chi connectivity index (χ0v) is 19.2. The second kappa shape index (κ2) is 10.5. The Morgan fingerprint density at radius 2 is 1.85 bits per heavy atom. The molecule has 0 aliphatic heterocycles. The van der Waals surface area contributed by atoms with Crippen LogP contribution >= 0.6 is 11.6 Å². The molecule has 0 heterocycles. The van der Waals surface area contributed by atoms with Crippen LogP contribution in [0, 0.1) is 0 Å². The van der Waals surface area contributed by atoms with Crippen LogP contribution in [0.2, 0.25) is 5.02 Å². The van der Waals surface area contributed by atoms with E-state index in [4.69, 9.17) is 21.1 Å². The quantitative estimate of drug-likeness (QED) is 0.411. The Morgan fingerprint density at radius 3 is 2.58 bits per heavy atom. The first-order chi connectivity index (χ1) is 16.1. The number of methoxy groups -OCH3 is 1. The zero-order chi connectivity index (χ0) is 23.2. The Bertz CT molecular complexity index is 1150. The summed E-state index contributed by atoms with van der Waals surface area (Å²) in [7, 11) is 1.59. The van der Waals surface area contributed by atoms with Crippen molar-refractivity contribution in [3.05, 3.63) is 82.4 Å². The fourth-order valence-electron chi connectivity index (χ4n) is 4.11. The highest BCUT2D eigenvalue weighted by atomic mass is 35.5. The number of rotatable bonds is 8. The molecule has 3 aromatic carbocycles. The van der Waals surface area contributed by atoms with Gasteiger partial charge in [-0.25, -0.2) is 0 Å². The third-order valence-electron chi connectivity index (χ3n) is 5.87. The molecule has 33 heavy (non-hydrogen) atoms. The molecule has 1 N–H and O–H groups in total. The van der Waals surface area contributed by atoms with E-state index < -0.39 is 0 Å². The normalized spacial score (nSPS) is 13.5. The number of carbonyl (C=O) groups excluding carboxylic acids is 2. The predicted molar refractivity (Wildman–Crippen MR) is 129 cm³/mol. The lowest BCUT2D eigenvalue weighted by Crippen LogP contribution is -2.23. The van der Waals surface area contributed by atoms with Crippen LogP contribution in [0.5, 0.6) is 11.5 Å². The summed E-state index contributed by atoms with van der Waals surface area (Å²) in [5, 5.41) is 3.28. The minimum absolute atomic E-state index is 0.229. The number of nitrogens with one attached hydrogen (secondary N) is 1. The van der Waals surface area contributed by atoms with Gasteiger partial charge in [0.1, 0.15) is 17.8 Å². The number of ether oxygens (including phenoxy) is 2. The fraction of sp³-hybridized carbons (Fsp3) is 0.259. The molecular formula is C27H26ClNO4. The van der Waals surface area contributed by atoms with Crippen molar-refractivity contribution in [3.8, 4) is 22.6 Å². The lowest BCUT2D eigenvalue weighted by molar-refractivity contribution is 0.0950. The molecule has 4 rings (SSSR count). The number of benzene rings is 3. The molecule has 1 amide bonds. The monoisotopic (exact) mass is 463 g/mol. The summed E-state index contributed by atoms with van der Waals surface area (Å²) < 4.78 is 11.4. The zero-order valence-electron chi connectivity index (χ0n) is 18.5. The minimum atomic E-state index is -0.275. The fourth-order valence-corrected chi connectivity index (χ4v) is 4.37. The number of hydrogen-bond donors (Lipinski definition) is 1. The molecule has 170 valence electrons. The Hall–Kier alpha value is -3.31. The van der Waals surface area contributed by atoms with Crippen LogP contribution in [-0.2, 0) is 6.54 Å². The summed E-state index contributed by atoms with van der Waals surface area (Å²) in [6.07, 6.45) is 5.54. The van der Waals surface area contributed by atoms with E-state index in [9.17, 15) is 9.59 Å². The van der Waals surface area contributed by atoms with Gasteiger partial charge in [-0.3, -0.25) is 9.59 Å². The van der Waals surface area contributed by atoms with E-state index in [1.807, 2.05) is 36.4 Å². The molecule has 0 unspecified atom stereocenters. The van der Waals surface area contributed by atoms with Gasteiger partial charge < -0.3 is 14.8 Å². The van der Waals surface area contributed by atoms with E-state index >= 15 is 0 Å². The van der Waals surface area contributed by atoms with E-state index in [2.05, 4.69) is 5.32 Å². The summed E-state index contributed by atoms with van der Waals surface area (Å²) in [5.74, 6) is 1.08. The van der Waals surface area contributed by atoms with Crippen LogP contribution in [0.1, 0.15) is 52.0 Å². The molecule has 1 saturated carbocycles. The second-order valence-electron chi connectivity index (χ2n) is 8.12. The standard InChI is InChI=1S/C27H26ClNO4/c1-32-26-12-9-20(19-6-4-5-18(13-19)17-30)14-21(26)16-29-27(31)24-11-10-23(15-25(24)28)33-22-7-2-3-8-22/h4-6,9-15,17,22H,2-3,7-8,16H2,1H3,(H,29,31).